The summed E-state index contributed by atoms with van der Waals surface area (Å²) in [6.45, 7) is 3.48. The molecule has 6 nitrogen and oxygen atoms in total. The number of amides is 1. The number of pyridine rings is 1. The summed E-state index contributed by atoms with van der Waals surface area (Å²) in [5, 5.41) is 2.57. The first-order valence-electron chi connectivity index (χ1n) is 5.98. The Balaban J connectivity index is 2.71. The number of esters is 1. The molecule has 0 radical (unpaired) electrons. The molecule has 0 aliphatic rings. The van der Waals surface area contributed by atoms with Gasteiger partial charge in [-0.1, -0.05) is 19.9 Å². The summed E-state index contributed by atoms with van der Waals surface area (Å²) in [5.41, 5.74) is -0.267. The monoisotopic (exact) mass is 266 g/mol. The third-order valence-corrected chi connectivity index (χ3v) is 2.65. The van der Waals surface area contributed by atoms with E-state index in [9.17, 15) is 14.4 Å². The van der Waals surface area contributed by atoms with E-state index in [1.165, 1.54) is 23.9 Å². The van der Waals surface area contributed by atoms with Crippen LogP contribution < -0.4 is 10.9 Å². The van der Waals surface area contributed by atoms with Crippen LogP contribution in [0.15, 0.2) is 29.2 Å². The lowest BCUT2D eigenvalue weighted by atomic mass is 10.0. The minimum Gasteiger partial charge on any atom is -0.467 e. The maximum absolute atomic E-state index is 11.8. The molecule has 1 unspecified atom stereocenters. The van der Waals surface area contributed by atoms with Crippen molar-refractivity contribution >= 4 is 11.9 Å². The van der Waals surface area contributed by atoms with Gasteiger partial charge >= 0.3 is 5.97 Å². The molecule has 0 spiro atoms. The van der Waals surface area contributed by atoms with Gasteiger partial charge in [0.25, 0.3) is 5.56 Å². The van der Waals surface area contributed by atoms with Gasteiger partial charge in [0.15, 0.2) is 0 Å². The average molecular weight is 266 g/mol. The maximum Gasteiger partial charge on any atom is 0.328 e. The number of aromatic nitrogens is 1. The fourth-order valence-corrected chi connectivity index (χ4v) is 1.59. The summed E-state index contributed by atoms with van der Waals surface area (Å²) in [4.78, 5) is 34.8. The van der Waals surface area contributed by atoms with Crippen molar-refractivity contribution in [2.45, 2.75) is 26.4 Å². The molecule has 1 aromatic heterocycles. The predicted molar refractivity (Wildman–Crippen MR) is 69.5 cm³/mol. The zero-order chi connectivity index (χ0) is 14.4. The van der Waals surface area contributed by atoms with Crippen LogP contribution in [-0.2, 0) is 20.9 Å². The van der Waals surface area contributed by atoms with E-state index in [0.29, 0.717) is 0 Å². The summed E-state index contributed by atoms with van der Waals surface area (Å²) in [5.74, 6) is -0.995. The normalized spacial score (nSPS) is 12.0. The van der Waals surface area contributed by atoms with E-state index in [2.05, 4.69) is 10.1 Å². The van der Waals surface area contributed by atoms with Crippen LogP contribution in [0.5, 0.6) is 0 Å². The number of hydrogen-bond acceptors (Lipinski definition) is 4. The highest BCUT2D eigenvalue weighted by Gasteiger charge is 2.24. The standard InChI is InChI=1S/C13H18N2O4/c1-9(2)12(13(18)19-3)14-10(16)8-15-7-5-4-6-11(15)17/h4-7,9,12H,8H2,1-3H3,(H,14,16). The van der Waals surface area contributed by atoms with Crippen molar-refractivity contribution < 1.29 is 14.3 Å². The number of nitrogens with one attached hydrogen (secondary N) is 1. The first-order chi connectivity index (χ1) is 8.95. The third-order valence-electron chi connectivity index (χ3n) is 2.65. The minimum absolute atomic E-state index is 0.0936. The number of carbonyl (C=O) groups is 2. The van der Waals surface area contributed by atoms with E-state index < -0.39 is 17.9 Å². The van der Waals surface area contributed by atoms with Gasteiger partial charge < -0.3 is 14.6 Å². The zero-order valence-electron chi connectivity index (χ0n) is 11.3. The molecule has 1 aromatic rings. The largest absolute Gasteiger partial charge is 0.467 e. The van der Waals surface area contributed by atoms with Gasteiger partial charge in [-0.25, -0.2) is 4.79 Å². The Morgan fingerprint density at radius 1 is 1.37 bits per heavy atom. The second kappa shape index (κ2) is 6.72. The molecule has 1 amide bonds. The second-order valence-electron chi connectivity index (χ2n) is 4.48. The summed E-state index contributed by atoms with van der Waals surface area (Å²) >= 11 is 0. The molecule has 0 aliphatic heterocycles. The van der Waals surface area contributed by atoms with Gasteiger partial charge in [-0.15, -0.1) is 0 Å². The van der Waals surface area contributed by atoms with Crippen molar-refractivity contribution in [1.29, 1.82) is 0 Å². The number of hydrogen-bond donors (Lipinski definition) is 1. The molecule has 0 fully saturated rings. The van der Waals surface area contributed by atoms with Crippen LogP contribution in [-0.4, -0.2) is 29.6 Å². The van der Waals surface area contributed by atoms with Crippen LogP contribution in [0.4, 0.5) is 0 Å². The number of carbonyl (C=O) groups excluding carboxylic acids is 2. The van der Waals surface area contributed by atoms with E-state index in [0.717, 1.165) is 0 Å². The van der Waals surface area contributed by atoms with Crippen molar-refractivity contribution in [3.05, 3.63) is 34.7 Å². The molecule has 6 heteroatoms. The van der Waals surface area contributed by atoms with E-state index in [-0.39, 0.29) is 18.0 Å². The number of methoxy groups -OCH3 is 1. The van der Waals surface area contributed by atoms with Gasteiger partial charge in [0.2, 0.25) is 5.91 Å². The van der Waals surface area contributed by atoms with Crippen molar-refractivity contribution in [3.63, 3.8) is 0 Å². The van der Waals surface area contributed by atoms with E-state index in [4.69, 9.17) is 0 Å². The van der Waals surface area contributed by atoms with Crippen LogP contribution >= 0.6 is 0 Å². The lowest BCUT2D eigenvalue weighted by Gasteiger charge is -2.19. The highest BCUT2D eigenvalue weighted by atomic mass is 16.5. The molecule has 1 rings (SSSR count). The fourth-order valence-electron chi connectivity index (χ4n) is 1.59. The van der Waals surface area contributed by atoms with Crippen LogP contribution in [0.1, 0.15) is 13.8 Å². The van der Waals surface area contributed by atoms with Crippen molar-refractivity contribution in [3.8, 4) is 0 Å². The zero-order valence-corrected chi connectivity index (χ0v) is 11.3. The Hall–Kier alpha value is -2.11. The second-order valence-corrected chi connectivity index (χ2v) is 4.48. The molecule has 0 aromatic carbocycles. The number of nitrogens with zero attached hydrogens (tertiary/aromatic N) is 1. The topological polar surface area (TPSA) is 77.4 Å². The molecule has 0 bridgehead atoms. The molecule has 0 saturated heterocycles. The summed E-state index contributed by atoms with van der Waals surface area (Å²) in [6.07, 6.45) is 1.52. The van der Waals surface area contributed by atoms with E-state index >= 15 is 0 Å². The summed E-state index contributed by atoms with van der Waals surface area (Å²) < 4.78 is 5.89. The highest BCUT2D eigenvalue weighted by molar-refractivity contribution is 5.84. The Morgan fingerprint density at radius 2 is 2.05 bits per heavy atom. The lowest BCUT2D eigenvalue weighted by molar-refractivity contribution is -0.146. The van der Waals surface area contributed by atoms with Gasteiger partial charge in [0, 0.05) is 12.3 Å². The third kappa shape index (κ3) is 4.24. The molecule has 0 aliphatic carbocycles. The summed E-state index contributed by atoms with van der Waals surface area (Å²) in [6, 6.07) is 3.92. The van der Waals surface area contributed by atoms with Crippen molar-refractivity contribution in [1.82, 2.24) is 9.88 Å². The molecule has 1 atom stereocenters. The smallest absolute Gasteiger partial charge is 0.328 e. The molecule has 104 valence electrons. The van der Waals surface area contributed by atoms with Crippen LogP contribution in [0, 0.1) is 5.92 Å². The Morgan fingerprint density at radius 3 is 2.58 bits per heavy atom. The molecular weight excluding hydrogens is 248 g/mol. The quantitative estimate of drug-likeness (QED) is 0.770. The highest BCUT2D eigenvalue weighted by Crippen LogP contribution is 2.03. The van der Waals surface area contributed by atoms with Gasteiger partial charge in [-0.2, -0.15) is 0 Å². The minimum atomic E-state index is -0.711. The van der Waals surface area contributed by atoms with E-state index in [1.54, 1.807) is 26.0 Å². The van der Waals surface area contributed by atoms with Gasteiger partial charge in [-0.3, -0.25) is 9.59 Å². The van der Waals surface area contributed by atoms with Gasteiger partial charge in [0.1, 0.15) is 12.6 Å². The molecule has 19 heavy (non-hydrogen) atoms. The van der Waals surface area contributed by atoms with Crippen LogP contribution in [0.3, 0.4) is 0 Å². The average Bonchev–Trinajstić information content (AvgIpc) is 2.37. The van der Waals surface area contributed by atoms with Crippen LogP contribution in [0.2, 0.25) is 0 Å². The predicted octanol–water partition coefficient (Wildman–Crippen LogP) is 0.162. The first-order valence-corrected chi connectivity index (χ1v) is 5.98. The fraction of sp³-hybridized carbons (Fsp3) is 0.462. The molecule has 0 saturated carbocycles. The van der Waals surface area contributed by atoms with Gasteiger partial charge in [0.05, 0.1) is 7.11 Å². The Labute approximate surface area is 111 Å². The number of ether oxygens (including phenoxy) is 1. The maximum atomic E-state index is 11.8. The lowest BCUT2D eigenvalue weighted by Crippen LogP contribution is -2.46. The van der Waals surface area contributed by atoms with Gasteiger partial charge in [-0.05, 0) is 12.0 Å². The number of rotatable bonds is 5. The Kier molecular flexibility index (Phi) is 5.29. The van der Waals surface area contributed by atoms with Crippen molar-refractivity contribution in [2.24, 2.45) is 5.92 Å². The Bertz CT molecular complexity index is 507. The van der Waals surface area contributed by atoms with Crippen LogP contribution in [0.25, 0.3) is 0 Å². The molecular formula is C13H18N2O4. The SMILES string of the molecule is COC(=O)C(NC(=O)Cn1ccccc1=O)C(C)C. The summed E-state index contributed by atoms with van der Waals surface area (Å²) in [7, 11) is 1.27. The first kappa shape index (κ1) is 14.9. The van der Waals surface area contributed by atoms with Crippen molar-refractivity contribution in [2.75, 3.05) is 7.11 Å². The molecule has 1 N–H and O–H groups in total. The van der Waals surface area contributed by atoms with E-state index in [1.807, 2.05) is 0 Å². The molecule has 1 heterocycles.